The minimum atomic E-state index is -0.842. The molecule has 2 aromatic rings. The molecule has 35 heavy (non-hydrogen) atoms. The van der Waals surface area contributed by atoms with Crippen molar-refractivity contribution in [1.29, 1.82) is 5.41 Å². The molecule has 0 aliphatic carbocycles. The number of nitrogens with one attached hydrogen (secondary N) is 4. The number of guanidine groups is 1. The lowest BCUT2D eigenvalue weighted by Crippen LogP contribution is -2.51. The summed E-state index contributed by atoms with van der Waals surface area (Å²) in [6, 6.07) is 10.8. The van der Waals surface area contributed by atoms with Gasteiger partial charge in [-0.2, -0.15) is 0 Å². The summed E-state index contributed by atoms with van der Waals surface area (Å²) in [5.74, 6) is -1.02. The van der Waals surface area contributed by atoms with E-state index in [9.17, 15) is 19.2 Å². The van der Waals surface area contributed by atoms with E-state index in [0.29, 0.717) is 28.2 Å². The summed E-state index contributed by atoms with van der Waals surface area (Å²) in [4.78, 5) is 50.4. The Morgan fingerprint density at radius 2 is 1.63 bits per heavy atom. The van der Waals surface area contributed by atoms with Crippen LogP contribution in [-0.4, -0.2) is 67.8 Å². The molecule has 1 aliphatic rings. The van der Waals surface area contributed by atoms with Gasteiger partial charge in [0, 0.05) is 13.1 Å². The lowest BCUT2D eigenvalue weighted by molar-refractivity contribution is -0.123. The minimum Gasteiger partial charge on any atom is -0.493 e. The Labute approximate surface area is 202 Å². The maximum absolute atomic E-state index is 12.4. The smallest absolute Gasteiger partial charge is 0.261 e. The second-order valence-corrected chi connectivity index (χ2v) is 7.75. The molecule has 11 heteroatoms. The highest BCUT2D eigenvalue weighted by Gasteiger charge is 2.34. The van der Waals surface area contributed by atoms with Crippen LogP contribution in [0, 0.1) is 5.41 Å². The average molecular weight is 482 g/mol. The molecule has 0 saturated carbocycles. The summed E-state index contributed by atoms with van der Waals surface area (Å²) >= 11 is 0. The van der Waals surface area contributed by atoms with E-state index in [4.69, 9.17) is 14.9 Å². The second-order valence-electron chi connectivity index (χ2n) is 7.75. The molecule has 0 saturated heterocycles. The van der Waals surface area contributed by atoms with Gasteiger partial charge in [-0.25, -0.2) is 0 Å². The largest absolute Gasteiger partial charge is 0.493 e. The second kappa shape index (κ2) is 11.1. The standard InChI is InChI=1S/C24H27N5O6/c1-14(21(31)26-10-11-29-22(32)16-6-4-5-7-17(16)23(29)33)27-24(25)28-20(30)13-15-8-9-18(34-2)19(12-15)35-3/h4-9,12,14H,10-11,13H2,1-3H3,(H,26,31)(H3,25,27,28,30)/t14-/m1/s1. The Balaban J connectivity index is 1.42. The van der Waals surface area contributed by atoms with Crippen molar-refractivity contribution in [3.8, 4) is 11.5 Å². The van der Waals surface area contributed by atoms with Gasteiger partial charge in [0.1, 0.15) is 6.04 Å². The van der Waals surface area contributed by atoms with Crippen LogP contribution in [0.2, 0.25) is 0 Å². The molecule has 0 fully saturated rings. The van der Waals surface area contributed by atoms with Crippen molar-refractivity contribution < 1.29 is 28.7 Å². The molecule has 0 spiro atoms. The zero-order valence-electron chi connectivity index (χ0n) is 19.6. The van der Waals surface area contributed by atoms with Crippen LogP contribution >= 0.6 is 0 Å². The molecule has 1 aliphatic heterocycles. The monoisotopic (exact) mass is 481 g/mol. The molecular weight excluding hydrogens is 454 g/mol. The number of rotatable bonds is 9. The van der Waals surface area contributed by atoms with Crippen LogP contribution in [0.1, 0.15) is 33.2 Å². The van der Waals surface area contributed by atoms with Crippen LogP contribution in [0.5, 0.6) is 11.5 Å². The van der Waals surface area contributed by atoms with Crippen LogP contribution in [0.3, 0.4) is 0 Å². The number of benzene rings is 2. The number of imide groups is 1. The first-order valence-corrected chi connectivity index (χ1v) is 10.8. The van der Waals surface area contributed by atoms with Gasteiger partial charge in [-0.05, 0) is 36.8 Å². The number of nitrogens with zero attached hydrogens (tertiary/aromatic N) is 1. The number of fused-ring (bicyclic) bond motifs is 1. The van der Waals surface area contributed by atoms with Crippen molar-refractivity contribution in [3.05, 3.63) is 59.2 Å². The first kappa shape index (κ1) is 25.2. The number of amides is 4. The Morgan fingerprint density at radius 3 is 2.23 bits per heavy atom. The number of carbonyl (C=O) groups is 4. The fourth-order valence-electron chi connectivity index (χ4n) is 3.56. The van der Waals surface area contributed by atoms with Crippen LogP contribution in [0.15, 0.2) is 42.5 Å². The summed E-state index contributed by atoms with van der Waals surface area (Å²) in [7, 11) is 3.01. The van der Waals surface area contributed by atoms with Gasteiger partial charge in [0.2, 0.25) is 11.8 Å². The molecule has 4 amide bonds. The van der Waals surface area contributed by atoms with E-state index in [2.05, 4.69) is 16.0 Å². The highest BCUT2D eigenvalue weighted by Crippen LogP contribution is 2.27. The van der Waals surface area contributed by atoms with Gasteiger partial charge in [0.25, 0.3) is 11.8 Å². The van der Waals surface area contributed by atoms with E-state index in [0.717, 1.165) is 4.90 Å². The van der Waals surface area contributed by atoms with Crippen molar-refractivity contribution in [2.75, 3.05) is 27.3 Å². The number of hydrogen-bond acceptors (Lipinski definition) is 7. The van der Waals surface area contributed by atoms with Gasteiger partial charge in [-0.1, -0.05) is 18.2 Å². The molecule has 184 valence electrons. The Kier molecular flexibility index (Phi) is 8.03. The minimum absolute atomic E-state index is 0.00866. The van der Waals surface area contributed by atoms with Gasteiger partial charge in [0.05, 0.1) is 31.8 Å². The van der Waals surface area contributed by atoms with Gasteiger partial charge in [-0.3, -0.25) is 34.8 Å². The quantitative estimate of drug-likeness (QED) is 0.234. The molecule has 0 aromatic heterocycles. The van der Waals surface area contributed by atoms with Gasteiger partial charge in [-0.15, -0.1) is 0 Å². The molecule has 1 atom stereocenters. The number of carbonyl (C=O) groups excluding carboxylic acids is 4. The Bertz CT molecular complexity index is 1130. The van der Waals surface area contributed by atoms with Crippen molar-refractivity contribution in [2.24, 2.45) is 0 Å². The first-order chi connectivity index (χ1) is 16.7. The lowest BCUT2D eigenvalue weighted by Gasteiger charge is -2.18. The predicted molar refractivity (Wildman–Crippen MR) is 127 cm³/mol. The fraction of sp³-hybridized carbons (Fsp3) is 0.292. The normalized spacial score (nSPS) is 13.1. The predicted octanol–water partition coefficient (Wildman–Crippen LogP) is 0.688. The van der Waals surface area contributed by atoms with Crippen molar-refractivity contribution >= 4 is 29.6 Å². The van der Waals surface area contributed by atoms with Crippen molar-refractivity contribution in [3.63, 3.8) is 0 Å². The maximum atomic E-state index is 12.4. The SMILES string of the molecule is COc1ccc(CC(=O)NC(=N)N[C@H](C)C(=O)NCCN2C(=O)c3ccccc3C2=O)cc1OC. The topological polar surface area (TPSA) is 150 Å². The molecular formula is C24H27N5O6. The van der Waals surface area contributed by atoms with Crippen LogP contribution in [-0.2, 0) is 16.0 Å². The number of hydrogen-bond donors (Lipinski definition) is 4. The third-order valence-corrected chi connectivity index (χ3v) is 5.34. The Morgan fingerprint density at radius 1 is 1.00 bits per heavy atom. The van der Waals surface area contributed by atoms with E-state index in [1.54, 1.807) is 42.5 Å². The third kappa shape index (κ3) is 5.94. The van der Waals surface area contributed by atoms with Gasteiger partial charge < -0.3 is 20.1 Å². The molecule has 3 rings (SSSR count). The zero-order chi connectivity index (χ0) is 25.5. The number of ether oxygens (including phenoxy) is 2. The summed E-state index contributed by atoms with van der Waals surface area (Å²) in [6.45, 7) is 1.59. The molecule has 1 heterocycles. The summed E-state index contributed by atoms with van der Waals surface area (Å²) in [5.41, 5.74) is 1.35. The van der Waals surface area contributed by atoms with Crippen molar-refractivity contribution in [1.82, 2.24) is 20.9 Å². The van der Waals surface area contributed by atoms with E-state index >= 15 is 0 Å². The molecule has 2 aromatic carbocycles. The highest BCUT2D eigenvalue weighted by atomic mass is 16.5. The fourth-order valence-corrected chi connectivity index (χ4v) is 3.56. The van der Waals surface area contributed by atoms with Gasteiger partial charge in [0.15, 0.2) is 17.5 Å². The van der Waals surface area contributed by atoms with Gasteiger partial charge >= 0.3 is 0 Å². The average Bonchev–Trinajstić information content (AvgIpc) is 3.08. The van der Waals surface area contributed by atoms with Crippen molar-refractivity contribution in [2.45, 2.75) is 19.4 Å². The third-order valence-electron chi connectivity index (χ3n) is 5.34. The molecule has 4 N–H and O–H groups in total. The molecule has 11 nitrogen and oxygen atoms in total. The number of methoxy groups -OCH3 is 2. The molecule has 0 radical (unpaired) electrons. The lowest BCUT2D eigenvalue weighted by atomic mass is 10.1. The van der Waals surface area contributed by atoms with E-state index in [1.165, 1.54) is 21.1 Å². The summed E-state index contributed by atoms with van der Waals surface area (Å²) in [6.07, 6.45) is -0.00866. The maximum Gasteiger partial charge on any atom is 0.261 e. The Hall–Kier alpha value is -4.41. The summed E-state index contributed by atoms with van der Waals surface area (Å²) in [5, 5.41) is 15.5. The molecule has 0 bridgehead atoms. The van der Waals surface area contributed by atoms with E-state index in [-0.39, 0.29) is 25.5 Å². The zero-order valence-corrected chi connectivity index (χ0v) is 19.6. The van der Waals surface area contributed by atoms with E-state index < -0.39 is 29.7 Å². The summed E-state index contributed by atoms with van der Waals surface area (Å²) < 4.78 is 10.4. The highest BCUT2D eigenvalue weighted by molar-refractivity contribution is 6.21. The first-order valence-electron chi connectivity index (χ1n) is 10.8. The van der Waals surface area contributed by atoms with Crippen LogP contribution < -0.4 is 25.4 Å². The van der Waals surface area contributed by atoms with E-state index in [1.807, 2.05) is 0 Å². The molecule has 0 unspecified atom stereocenters. The van der Waals surface area contributed by atoms with Crippen LogP contribution in [0.4, 0.5) is 0 Å². The van der Waals surface area contributed by atoms with Crippen LogP contribution in [0.25, 0.3) is 0 Å².